The summed E-state index contributed by atoms with van der Waals surface area (Å²) in [6.07, 6.45) is 3.29. The van der Waals surface area contributed by atoms with Crippen LogP contribution in [0.4, 0.5) is 0 Å². The van der Waals surface area contributed by atoms with Crippen molar-refractivity contribution in [3.63, 3.8) is 0 Å². The normalized spacial score (nSPS) is 31.1. The molecule has 0 heterocycles. The van der Waals surface area contributed by atoms with Gasteiger partial charge in [0.25, 0.3) is 0 Å². The average molecular weight is 176 g/mol. The minimum Gasteiger partial charge on any atom is -0.392 e. The molecule has 1 aliphatic rings. The van der Waals surface area contributed by atoms with Crippen LogP contribution in [0.15, 0.2) is 0 Å². The van der Waals surface area contributed by atoms with Crippen molar-refractivity contribution in [2.24, 2.45) is 0 Å². The van der Waals surface area contributed by atoms with E-state index in [9.17, 15) is 5.11 Å². The van der Waals surface area contributed by atoms with Crippen LogP contribution >= 0.6 is 11.8 Å². The van der Waals surface area contributed by atoms with Gasteiger partial charge in [-0.05, 0) is 19.3 Å². The molecule has 66 valence electrons. The third-order valence-corrected chi connectivity index (χ3v) is 3.42. The number of hydrogen-bond acceptors (Lipinski definition) is 3. The fraction of sp³-hybridized carbons (Fsp3) is 1.00. The van der Waals surface area contributed by atoms with Crippen molar-refractivity contribution < 1.29 is 9.84 Å². The van der Waals surface area contributed by atoms with Crippen LogP contribution in [0.25, 0.3) is 0 Å². The van der Waals surface area contributed by atoms with E-state index in [2.05, 4.69) is 0 Å². The van der Waals surface area contributed by atoms with E-state index in [1.54, 1.807) is 7.11 Å². The molecule has 3 heteroatoms. The van der Waals surface area contributed by atoms with Crippen LogP contribution in [0, 0.1) is 0 Å². The highest BCUT2D eigenvalue weighted by Gasteiger charge is 2.24. The highest BCUT2D eigenvalue weighted by atomic mass is 32.2. The molecule has 0 aromatic carbocycles. The molecule has 0 amide bonds. The molecule has 2 atom stereocenters. The summed E-state index contributed by atoms with van der Waals surface area (Å²) < 4.78 is 4.93. The molecule has 2 nitrogen and oxygen atoms in total. The number of ether oxygens (including phenoxy) is 1. The van der Waals surface area contributed by atoms with Crippen LogP contribution in [0.3, 0.4) is 0 Å². The Bertz CT molecular complexity index is 108. The number of rotatable bonds is 4. The second-order valence-corrected chi connectivity index (χ2v) is 4.25. The first-order valence-corrected chi connectivity index (χ1v) is 5.18. The van der Waals surface area contributed by atoms with E-state index in [1.807, 2.05) is 11.8 Å². The van der Waals surface area contributed by atoms with E-state index < -0.39 is 0 Å². The number of thioether (sulfide) groups is 1. The van der Waals surface area contributed by atoms with Gasteiger partial charge in [0.1, 0.15) is 0 Å². The van der Waals surface area contributed by atoms with Gasteiger partial charge in [0.15, 0.2) is 0 Å². The van der Waals surface area contributed by atoms with Crippen LogP contribution in [-0.2, 0) is 4.74 Å². The summed E-state index contributed by atoms with van der Waals surface area (Å²) in [5.41, 5.74) is 0. The molecule has 11 heavy (non-hydrogen) atoms. The summed E-state index contributed by atoms with van der Waals surface area (Å²) in [6, 6.07) is 0. The van der Waals surface area contributed by atoms with Crippen molar-refractivity contribution in [2.75, 3.05) is 19.5 Å². The van der Waals surface area contributed by atoms with Gasteiger partial charge in [-0.25, -0.2) is 0 Å². The van der Waals surface area contributed by atoms with Crippen molar-refractivity contribution in [3.8, 4) is 0 Å². The first-order valence-electron chi connectivity index (χ1n) is 4.13. The van der Waals surface area contributed by atoms with Crippen molar-refractivity contribution >= 4 is 11.8 Å². The maximum Gasteiger partial charge on any atom is 0.0658 e. The summed E-state index contributed by atoms with van der Waals surface area (Å²) in [5, 5.41) is 9.90. The van der Waals surface area contributed by atoms with E-state index in [0.29, 0.717) is 5.25 Å². The third kappa shape index (κ3) is 3.01. The Morgan fingerprint density at radius 1 is 1.55 bits per heavy atom. The second kappa shape index (κ2) is 5.01. The zero-order valence-electron chi connectivity index (χ0n) is 6.95. The van der Waals surface area contributed by atoms with Gasteiger partial charge in [-0.3, -0.25) is 0 Å². The van der Waals surface area contributed by atoms with Gasteiger partial charge in [0, 0.05) is 18.1 Å². The van der Waals surface area contributed by atoms with Gasteiger partial charge in [0.2, 0.25) is 0 Å². The lowest BCUT2D eigenvalue weighted by Gasteiger charge is -2.12. The second-order valence-electron chi connectivity index (χ2n) is 2.90. The summed E-state index contributed by atoms with van der Waals surface area (Å²) in [7, 11) is 1.71. The SMILES string of the molecule is COCCS[C@@H]1CCC[C@H]1O. The van der Waals surface area contributed by atoms with E-state index in [4.69, 9.17) is 4.74 Å². The minimum absolute atomic E-state index is 0.0585. The number of aliphatic hydroxyl groups is 1. The zero-order chi connectivity index (χ0) is 8.10. The molecule has 0 spiro atoms. The number of aliphatic hydroxyl groups excluding tert-OH is 1. The predicted octanol–water partition coefficient (Wildman–Crippen LogP) is 1.28. The third-order valence-electron chi connectivity index (χ3n) is 2.04. The fourth-order valence-electron chi connectivity index (χ4n) is 1.38. The molecule has 1 N–H and O–H groups in total. The van der Waals surface area contributed by atoms with Gasteiger partial charge < -0.3 is 9.84 Å². The molecule has 1 aliphatic carbocycles. The lowest BCUT2D eigenvalue weighted by Crippen LogP contribution is -2.16. The molecule has 0 aromatic rings. The highest BCUT2D eigenvalue weighted by Crippen LogP contribution is 2.29. The number of hydrogen-bond donors (Lipinski definition) is 1. The Balaban J connectivity index is 2.05. The van der Waals surface area contributed by atoms with Crippen LogP contribution in [0.1, 0.15) is 19.3 Å². The highest BCUT2D eigenvalue weighted by molar-refractivity contribution is 7.99. The molecule has 0 bridgehead atoms. The molecule has 0 unspecified atom stereocenters. The van der Waals surface area contributed by atoms with Crippen molar-refractivity contribution in [1.82, 2.24) is 0 Å². The van der Waals surface area contributed by atoms with Gasteiger partial charge in [-0.1, -0.05) is 0 Å². The summed E-state index contributed by atoms with van der Waals surface area (Å²) in [6.45, 7) is 0.799. The molecular weight excluding hydrogens is 160 g/mol. The predicted molar refractivity (Wildman–Crippen MR) is 48.0 cm³/mol. The van der Waals surface area contributed by atoms with Crippen molar-refractivity contribution in [1.29, 1.82) is 0 Å². The smallest absolute Gasteiger partial charge is 0.0658 e. The Morgan fingerprint density at radius 2 is 2.36 bits per heavy atom. The quantitative estimate of drug-likeness (QED) is 0.654. The maximum atomic E-state index is 9.43. The van der Waals surface area contributed by atoms with Gasteiger partial charge in [-0.2, -0.15) is 11.8 Å². The van der Waals surface area contributed by atoms with E-state index in [1.165, 1.54) is 12.8 Å². The summed E-state index contributed by atoms with van der Waals surface area (Å²) in [5.74, 6) is 1.01. The summed E-state index contributed by atoms with van der Waals surface area (Å²) >= 11 is 1.84. The topological polar surface area (TPSA) is 29.5 Å². The average Bonchev–Trinajstić information content (AvgIpc) is 2.37. The maximum absolute atomic E-state index is 9.43. The molecule has 1 rings (SSSR count). The molecule has 1 saturated carbocycles. The van der Waals surface area contributed by atoms with Crippen molar-refractivity contribution in [2.45, 2.75) is 30.6 Å². The van der Waals surface area contributed by atoms with E-state index in [-0.39, 0.29) is 6.10 Å². The summed E-state index contributed by atoms with van der Waals surface area (Å²) in [4.78, 5) is 0. The molecule has 0 aromatic heterocycles. The first-order chi connectivity index (χ1) is 5.34. The standard InChI is InChI=1S/C8H16O2S/c1-10-5-6-11-8-4-2-3-7(8)9/h7-9H,2-6H2,1H3/t7-,8-/m1/s1. The monoisotopic (exact) mass is 176 g/mol. The molecule has 0 aliphatic heterocycles. The Hall–Kier alpha value is 0.270. The Kier molecular flexibility index (Phi) is 4.26. The van der Waals surface area contributed by atoms with Gasteiger partial charge in [-0.15, -0.1) is 0 Å². The molecule has 1 fully saturated rings. The zero-order valence-corrected chi connectivity index (χ0v) is 7.77. The Morgan fingerprint density at radius 3 is 2.91 bits per heavy atom. The first kappa shape index (κ1) is 9.36. The van der Waals surface area contributed by atoms with Crippen LogP contribution in [0.2, 0.25) is 0 Å². The van der Waals surface area contributed by atoms with E-state index >= 15 is 0 Å². The van der Waals surface area contributed by atoms with Crippen molar-refractivity contribution in [3.05, 3.63) is 0 Å². The molecule has 0 saturated heterocycles. The van der Waals surface area contributed by atoms with Crippen LogP contribution in [0.5, 0.6) is 0 Å². The fourth-order valence-corrected chi connectivity index (χ4v) is 2.64. The van der Waals surface area contributed by atoms with E-state index in [0.717, 1.165) is 18.8 Å². The largest absolute Gasteiger partial charge is 0.392 e. The number of methoxy groups -OCH3 is 1. The lowest BCUT2D eigenvalue weighted by molar-refractivity contribution is 0.187. The van der Waals surface area contributed by atoms with Crippen LogP contribution in [-0.4, -0.2) is 35.9 Å². The van der Waals surface area contributed by atoms with Crippen LogP contribution < -0.4 is 0 Å². The molecular formula is C8H16O2S. The van der Waals surface area contributed by atoms with Gasteiger partial charge in [0.05, 0.1) is 12.7 Å². The minimum atomic E-state index is -0.0585. The van der Waals surface area contributed by atoms with Gasteiger partial charge >= 0.3 is 0 Å². The Labute approximate surface area is 72.3 Å². The molecule has 0 radical (unpaired) electrons. The lowest BCUT2D eigenvalue weighted by atomic mass is 10.3.